The second kappa shape index (κ2) is 10.1. The normalized spacial score (nSPS) is 18.4. The van der Waals surface area contributed by atoms with E-state index < -0.39 is 33.4 Å². The Hall–Kier alpha value is -2.79. The van der Waals surface area contributed by atoms with Crippen molar-refractivity contribution in [2.45, 2.75) is 12.7 Å². The van der Waals surface area contributed by atoms with Gasteiger partial charge in [-0.1, -0.05) is 11.6 Å². The molecule has 3 aromatic rings. The second-order valence-electron chi connectivity index (χ2n) is 9.03. The van der Waals surface area contributed by atoms with Gasteiger partial charge in [0.2, 0.25) is 16.0 Å². The summed E-state index contributed by atoms with van der Waals surface area (Å²) in [6.07, 6.45) is -1.02. The zero-order valence-corrected chi connectivity index (χ0v) is 21.9. The average molecular weight is 576 g/mol. The molecule has 5 rings (SSSR count). The molecule has 3 aromatic heterocycles. The van der Waals surface area contributed by atoms with E-state index in [1.54, 1.807) is 6.20 Å². The first-order valence-electron chi connectivity index (χ1n) is 11.7. The monoisotopic (exact) mass is 575 g/mol. The number of nitrogens with two attached hydrogens (primary N) is 1. The number of fused-ring (bicyclic) bond motifs is 1. The van der Waals surface area contributed by atoms with Gasteiger partial charge >= 0.3 is 6.18 Å². The van der Waals surface area contributed by atoms with Gasteiger partial charge in [-0.15, -0.1) is 0 Å². The van der Waals surface area contributed by atoms with E-state index in [1.807, 2.05) is 4.90 Å². The molecule has 0 bridgehead atoms. The van der Waals surface area contributed by atoms with Crippen LogP contribution in [-0.4, -0.2) is 101 Å². The molecule has 2 saturated heterocycles. The van der Waals surface area contributed by atoms with Crippen molar-refractivity contribution in [1.29, 1.82) is 0 Å². The number of aromatic nitrogens is 5. The Morgan fingerprint density at radius 2 is 1.76 bits per heavy atom. The first-order valence-corrected chi connectivity index (χ1v) is 13.9. The first-order chi connectivity index (χ1) is 17.9. The van der Waals surface area contributed by atoms with Crippen LogP contribution in [0.15, 0.2) is 12.4 Å². The number of ether oxygens (including phenoxy) is 1. The fourth-order valence-electron chi connectivity index (χ4n) is 4.52. The number of sulfonamides is 1. The lowest BCUT2D eigenvalue weighted by molar-refractivity contribution is -0.140. The number of hydrogen-bond donors (Lipinski definition) is 1. The van der Waals surface area contributed by atoms with Gasteiger partial charge in [-0.2, -0.15) is 17.5 Å². The maximum atomic E-state index is 13.9. The molecule has 2 N–H and O–H groups in total. The van der Waals surface area contributed by atoms with Crippen LogP contribution in [-0.2, 0) is 27.5 Å². The minimum Gasteiger partial charge on any atom is -0.378 e. The molecule has 0 atom stereocenters. The van der Waals surface area contributed by atoms with Crippen molar-refractivity contribution < 1.29 is 26.3 Å². The third-order valence-corrected chi connectivity index (χ3v) is 8.07. The number of piperazine rings is 1. The highest BCUT2D eigenvalue weighted by molar-refractivity contribution is 7.88. The predicted octanol–water partition coefficient (Wildman–Crippen LogP) is 1.35. The minimum absolute atomic E-state index is 0.0865. The van der Waals surface area contributed by atoms with Crippen molar-refractivity contribution in [2.75, 3.05) is 69.4 Å². The number of anilines is 2. The van der Waals surface area contributed by atoms with Crippen molar-refractivity contribution in [2.24, 2.45) is 0 Å². The Morgan fingerprint density at radius 3 is 2.39 bits per heavy atom. The number of rotatable bonds is 5. The van der Waals surface area contributed by atoms with E-state index in [4.69, 9.17) is 27.1 Å². The molecule has 2 fully saturated rings. The van der Waals surface area contributed by atoms with E-state index in [0.29, 0.717) is 76.2 Å². The zero-order valence-electron chi connectivity index (χ0n) is 20.3. The van der Waals surface area contributed by atoms with Crippen LogP contribution < -0.4 is 10.6 Å². The van der Waals surface area contributed by atoms with E-state index in [-0.39, 0.29) is 10.8 Å². The molecule has 0 aliphatic carbocycles. The number of imidazole rings is 1. The quantitative estimate of drug-likeness (QED) is 0.475. The molecule has 12 nitrogen and oxygen atoms in total. The Kier molecular flexibility index (Phi) is 7.10. The number of morpholine rings is 1. The van der Waals surface area contributed by atoms with Gasteiger partial charge in [-0.3, -0.25) is 9.30 Å². The van der Waals surface area contributed by atoms with Crippen molar-refractivity contribution in [3.05, 3.63) is 28.9 Å². The van der Waals surface area contributed by atoms with E-state index in [0.717, 1.165) is 6.20 Å². The van der Waals surface area contributed by atoms with Crippen LogP contribution >= 0.6 is 11.6 Å². The van der Waals surface area contributed by atoms with Gasteiger partial charge in [0.1, 0.15) is 10.8 Å². The van der Waals surface area contributed by atoms with Gasteiger partial charge in [-0.25, -0.2) is 28.4 Å². The van der Waals surface area contributed by atoms with Crippen LogP contribution in [0.3, 0.4) is 0 Å². The summed E-state index contributed by atoms with van der Waals surface area (Å²) in [4.78, 5) is 20.4. The van der Waals surface area contributed by atoms with E-state index in [9.17, 15) is 21.6 Å². The minimum atomic E-state index is -4.82. The maximum Gasteiger partial charge on any atom is 0.434 e. The molecular formula is C21H25ClF3N9O3S. The summed E-state index contributed by atoms with van der Waals surface area (Å²) in [7, 11) is -3.27. The molecule has 17 heteroatoms. The van der Waals surface area contributed by atoms with Gasteiger partial charge in [0.25, 0.3) is 0 Å². The highest BCUT2D eigenvalue weighted by Crippen LogP contribution is 2.39. The lowest BCUT2D eigenvalue weighted by Crippen LogP contribution is -2.47. The van der Waals surface area contributed by atoms with Crippen molar-refractivity contribution in [3.63, 3.8) is 0 Å². The van der Waals surface area contributed by atoms with Crippen LogP contribution in [0.2, 0.25) is 5.15 Å². The smallest absolute Gasteiger partial charge is 0.378 e. The third kappa shape index (κ3) is 5.36. The Bertz CT molecular complexity index is 1450. The molecule has 0 amide bonds. The van der Waals surface area contributed by atoms with Crippen molar-refractivity contribution in [1.82, 2.24) is 33.5 Å². The summed E-state index contributed by atoms with van der Waals surface area (Å²) in [5.41, 5.74) is 4.65. The van der Waals surface area contributed by atoms with E-state index in [2.05, 4.69) is 19.9 Å². The van der Waals surface area contributed by atoms with Crippen LogP contribution in [0.25, 0.3) is 16.9 Å². The fourth-order valence-corrected chi connectivity index (χ4v) is 5.62. The fraction of sp³-hybridized carbons (Fsp3) is 0.524. The van der Waals surface area contributed by atoms with Gasteiger partial charge in [-0.05, 0) is 0 Å². The molecule has 2 aliphatic heterocycles. The molecule has 0 radical (unpaired) electrons. The van der Waals surface area contributed by atoms with Crippen molar-refractivity contribution >= 4 is 39.0 Å². The van der Waals surface area contributed by atoms with Gasteiger partial charge < -0.3 is 15.4 Å². The van der Waals surface area contributed by atoms with Gasteiger partial charge in [0.15, 0.2) is 17.2 Å². The SMILES string of the molecule is CS(=O)(=O)N1CCN(Cc2cn3c(Cl)c(-c4cnc(N)nc4C(F)(F)F)nc(N4CCOCC4)c3n2)CC1. The zero-order chi connectivity index (χ0) is 27.2. The molecule has 2 aliphatic rings. The summed E-state index contributed by atoms with van der Waals surface area (Å²) in [6, 6.07) is 0. The van der Waals surface area contributed by atoms with Crippen LogP contribution in [0, 0.1) is 0 Å². The molecule has 5 heterocycles. The molecule has 206 valence electrons. The molecular weight excluding hydrogens is 551 g/mol. The topological polar surface area (TPSA) is 135 Å². The largest absolute Gasteiger partial charge is 0.434 e. The van der Waals surface area contributed by atoms with Crippen LogP contribution in [0.5, 0.6) is 0 Å². The number of hydrogen-bond acceptors (Lipinski definition) is 10. The Balaban J connectivity index is 1.57. The number of nitrogen functional groups attached to an aromatic ring is 1. The molecule has 0 spiro atoms. The molecule has 38 heavy (non-hydrogen) atoms. The van der Waals surface area contributed by atoms with Crippen molar-refractivity contribution in [3.8, 4) is 11.3 Å². The number of nitrogens with zero attached hydrogens (tertiary/aromatic N) is 8. The second-order valence-corrected chi connectivity index (χ2v) is 11.4. The summed E-state index contributed by atoms with van der Waals surface area (Å²) in [5.74, 6) is -0.168. The Morgan fingerprint density at radius 1 is 1.08 bits per heavy atom. The van der Waals surface area contributed by atoms with Gasteiger partial charge in [0.05, 0.1) is 30.7 Å². The lowest BCUT2D eigenvalue weighted by Gasteiger charge is -2.32. The molecule has 0 aromatic carbocycles. The summed E-state index contributed by atoms with van der Waals surface area (Å²) in [5, 5.41) is -0.0865. The maximum absolute atomic E-state index is 13.9. The lowest BCUT2D eigenvalue weighted by atomic mass is 10.1. The van der Waals surface area contributed by atoms with Gasteiger partial charge in [0, 0.05) is 58.2 Å². The average Bonchev–Trinajstić information content (AvgIpc) is 3.28. The first kappa shape index (κ1) is 26.8. The highest BCUT2D eigenvalue weighted by Gasteiger charge is 2.38. The number of alkyl halides is 3. The number of halogens is 4. The molecule has 0 unspecified atom stereocenters. The van der Waals surface area contributed by atoms with E-state index >= 15 is 0 Å². The highest BCUT2D eigenvalue weighted by atomic mass is 35.5. The molecule has 0 saturated carbocycles. The summed E-state index contributed by atoms with van der Waals surface area (Å²) >= 11 is 6.65. The van der Waals surface area contributed by atoms with Crippen LogP contribution in [0.1, 0.15) is 11.4 Å². The third-order valence-electron chi connectivity index (χ3n) is 6.41. The predicted molar refractivity (Wildman–Crippen MR) is 133 cm³/mol. The summed E-state index contributed by atoms with van der Waals surface area (Å²) < 4.78 is 73.6. The summed E-state index contributed by atoms with van der Waals surface area (Å²) in [6.45, 7) is 3.88. The standard InChI is InChI=1S/C21H25ClF3N9O3S/c1-38(35,36)33-4-2-31(3-5-33)11-13-12-34-17(22)15(14-10-27-20(26)30-16(14)21(23,24)25)29-18(19(34)28-13)32-6-8-37-9-7-32/h10,12H,2-9,11H2,1H3,(H2,26,27,30). The van der Waals surface area contributed by atoms with Crippen LogP contribution in [0.4, 0.5) is 24.9 Å². The van der Waals surface area contributed by atoms with E-state index in [1.165, 1.54) is 15.0 Å². The Labute approximate surface area is 221 Å².